The number of hydrogen-bond acceptors (Lipinski definition) is 2. The predicted molar refractivity (Wildman–Crippen MR) is 46.6 cm³/mol. The standard InChI is InChI=1S/C9H10F3NO/c1-14-5-6-4-7(13)2-3-8(6)9(10,11)12/h2-4H,5,13H2,1H3. The summed E-state index contributed by atoms with van der Waals surface area (Å²) in [6.45, 7) is -0.0973. The number of hydrogen-bond donors (Lipinski definition) is 1. The van der Waals surface area contributed by atoms with E-state index in [9.17, 15) is 13.2 Å². The molecule has 0 aromatic heterocycles. The second-order valence-corrected chi connectivity index (χ2v) is 2.85. The highest BCUT2D eigenvalue weighted by Crippen LogP contribution is 2.33. The molecule has 1 aromatic rings. The van der Waals surface area contributed by atoms with Crippen LogP contribution in [-0.4, -0.2) is 7.11 Å². The van der Waals surface area contributed by atoms with Gasteiger partial charge in [-0.25, -0.2) is 0 Å². The Morgan fingerprint density at radius 3 is 2.50 bits per heavy atom. The van der Waals surface area contributed by atoms with Crippen LogP contribution in [0.2, 0.25) is 0 Å². The lowest BCUT2D eigenvalue weighted by Gasteiger charge is -2.12. The molecule has 14 heavy (non-hydrogen) atoms. The van der Waals surface area contributed by atoms with E-state index >= 15 is 0 Å². The Morgan fingerprint density at radius 2 is 2.00 bits per heavy atom. The summed E-state index contributed by atoms with van der Waals surface area (Å²) in [6, 6.07) is 3.46. The van der Waals surface area contributed by atoms with E-state index in [1.54, 1.807) is 0 Å². The highest BCUT2D eigenvalue weighted by Gasteiger charge is 2.33. The van der Waals surface area contributed by atoms with E-state index in [1.165, 1.54) is 19.2 Å². The van der Waals surface area contributed by atoms with Crippen LogP contribution in [0.25, 0.3) is 0 Å². The summed E-state index contributed by atoms with van der Waals surface area (Å²) in [6.07, 6.45) is -4.36. The summed E-state index contributed by atoms with van der Waals surface area (Å²) in [5, 5.41) is 0. The van der Waals surface area contributed by atoms with Crippen LogP contribution in [0.3, 0.4) is 0 Å². The molecule has 0 saturated heterocycles. The maximum Gasteiger partial charge on any atom is 0.416 e. The van der Waals surface area contributed by atoms with Crippen molar-refractivity contribution in [1.82, 2.24) is 0 Å². The topological polar surface area (TPSA) is 35.2 Å². The summed E-state index contributed by atoms with van der Waals surface area (Å²) in [5.41, 5.74) is 5.03. The maximum atomic E-state index is 12.4. The molecule has 1 rings (SSSR count). The Kier molecular flexibility index (Phi) is 3.00. The number of nitrogens with two attached hydrogens (primary N) is 1. The van der Waals surface area contributed by atoms with Gasteiger partial charge in [0.05, 0.1) is 12.2 Å². The zero-order chi connectivity index (χ0) is 10.8. The molecule has 0 spiro atoms. The van der Waals surface area contributed by atoms with Gasteiger partial charge in [-0.3, -0.25) is 0 Å². The largest absolute Gasteiger partial charge is 0.416 e. The molecule has 0 aliphatic rings. The van der Waals surface area contributed by atoms with E-state index in [1.807, 2.05) is 0 Å². The van der Waals surface area contributed by atoms with Crippen molar-refractivity contribution in [2.24, 2.45) is 0 Å². The molecule has 0 heterocycles. The molecule has 0 amide bonds. The summed E-state index contributed by atoms with van der Waals surface area (Å²) >= 11 is 0. The van der Waals surface area contributed by atoms with Gasteiger partial charge in [0.2, 0.25) is 0 Å². The van der Waals surface area contributed by atoms with Crippen molar-refractivity contribution >= 4 is 5.69 Å². The summed E-state index contributed by atoms with van der Waals surface area (Å²) in [7, 11) is 1.34. The second-order valence-electron chi connectivity index (χ2n) is 2.85. The molecule has 0 aliphatic heterocycles. The molecule has 0 unspecified atom stereocenters. The number of halogens is 3. The van der Waals surface area contributed by atoms with Gasteiger partial charge in [0.1, 0.15) is 0 Å². The number of methoxy groups -OCH3 is 1. The third kappa shape index (κ3) is 2.38. The van der Waals surface area contributed by atoms with Gasteiger partial charge in [-0.05, 0) is 23.8 Å². The van der Waals surface area contributed by atoms with E-state index in [2.05, 4.69) is 4.74 Å². The van der Waals surface area contributed by atoms with Gasteiger partial charge in [0.25, 0.3) is 0 Å². The van der Waals surface area contributed by atoms with Crippen molar-refractivity contribution in [3.8, 4) is 0 Å². The predicted octanol–water partition coefficient (Wildman–Crippen LogP) is 2.43. The molecular weight excluding hydrogens is 195 g/mol. The fraction of sp³-hybridized carbons (Fsp3) is 0.333. The smallest absolute Gasteiger partial charge is 0.399 e. The van der Waals surface area contributed by atoms with Crippen molar-refractivity contribution in [1.29, 1.82) is 0 Å². The zero-order valence-electron chi connectivity index (χ0n) is 7.56. The minimum absolute atomic E-state index is 0.0556. The zero-order valence-corrected chi connectivity index (χ0v) is 7.56. The van der Waals surface area contributed by atoms with Crippen molar-refractivity contribution in [2.75, 3.05) is 12.8 Å². The third-order valence-corrected chi connectivity index (χ3v) is 1.73. The minimum Gasteiger partial charge on any atom is -0.399 e. The molecular formula is C9H10F3NO. The minimum atomic E-state index is -4.36. The van der Waals surface area contributed by atoms with Crippen molar-refractivity contribution in [3.05, 3.63) is 29.3 Å². The van der Waals surface area contributed by atoms with E-state index < -0.39 is 11.7 Å². The van der Waals surface area contributed by atoms with Crippen LogP contribution in [0.1, 0.15) is 11.1 Å². The molecule has 1 aromatic carbocycles. The van der Waals surface area contributed by atoms with E-state index in [4.69, 9.17) is 5.73 Å². The van der Waals surface area contributed by atoms with Crippen molar-refractivity contribution in [2.45, 2.75) is 12.8 Å². The van der Waals surface area contributed by atoms with E-state index in [-0.39, 0.29) is 12.2 Å². The summed E-state index contributed by atoms with van der Waals surface area (Å²) in [4.78, 5) is 0. The maximum absolute atomic E-state index is 12.4. The van der Waals surface area contributed by atoms with Crippen LogP contribution >= 0.6 is 0 Å². The number of benzene rings is 1. The molecule has 2 nitrogen and oxygen atoms in total. The molecule has 0 bridgehead atoms. The lowest BCUT2D eigenvalue weighted by atomic mass is 10.1. The lowest BCUT2D eigenvalue weighted by molar-refractivity contribution is -0.138. The molecule has 0 atom stereocenters. The first kappa shape index (κ1) is 10.8. The van der Waals surface area contributed by atoms with Gasteiger partial charge in [-0.1, -0.05) is 0 Å². The van der Waals surface area contributed by atoms with Crippen molar-refractivity contribution in [3.63, 3.8) is 0 Å². The summed E-state index contributed by atoms with van der Waals surface area (Å²) < 4.78 is 41.9. The Morgan fingerprint density at radius 1 is 1.36 bits per heavy atom. The number of alkyl halides is 3. The quantitative estimate of drug-likeness (QED) is 0.752. The van der Waals surface area contributed by atoms with Crippen LogP contribution in [0.15, 0.2) is 18.2 Å². The fourth-order valence-electron chi connectivity index (χ4n) is 1.17. The van der Waals surface area contributed by atoms with Gasteiger partial charge in [0, 0.05) is 12.8 Å². The molecule has 0 radical (unpaired) electrons. The number of anilines is 1. The average molecular weight is 205 g/mol. The Hall–Kier alpha value is -1.23. The van der Waals surface area contributed by atoms with Crippen LogP contribution in [0.5, 0.6) is 0 Å². The first-order valence-electron chi connectivity index (χ1n) is 3.89. The monoisotopic (exact) mass is 205 g/mol. The SMILES string of the molecule is COCc1cc(N)ccc1C(F)(F)F. The second kappa shape index (κ2) is 3.88. The van der Waals surface area contributed by atoms with Crippen LogP contribution in [0.4, 0.5) is 18.9 Å². The van der Waals surface area contributed by atoms with E-state index in [0.29, 0.717) is 5.69 Å². The highest BCUT2D eigenvalue weighted by atomic mass is 19.4. The summed E-state index contributed by atoms with van der Waals surface area (Å²) in [5.74, 6) is 0. The molecule has 5 heteroatoms. The van der Waals surface area contributed by atoms with Gasteiger partial charge in [-0.2, -0.15) is 13.2 Å². The molecule has 78 valence electrons. The first-order chi connectivity index (χ1) is 6.45. The van der Waals surface area contributed by atoms with Crippen LogP contribution in [-0.2, 0) is 17.5 Å². The molecule has 0 fully saturated rings. The Bertz CT molecular complexity index is 322. The first-order valence-corrected chi connectivity index (χ1v) is 3.89. The fourth-order valence-corrected chi connectivity index (χ4v) is 1.17. The Balaban J connectivity index is 3.15. The average Bonchev–Trinajstić information content (AvgIpc) is 2.02. The normalized spacial score (nSPS) is 11.7. The molecule has 0 saturated carbocycles. The van der Waals surface area contributed by atoms with Gasteiger partial charge < -0.3 is 10.5 Å². The number of ether oxygens (including phenoxy) is 1. The van der Waals surface area contributed by atoms with Crippen molar-refractivity contribution < 1.29 is 17.9 Å². The van der Waals surface area contributed by atoms with Gasteiger partial charge in [-0.15, -0.1) is 0 Å². The lowest BCUT2D eigenvalue weighted by Crippen LogP contribution is -2.10. The highest BCUT2D eigenvalue weighted by molar-refractivity contribution is 5.45. The van der Waals surface area contributed by atoms with Crippen LogP contribution < -0.4 is 5.73 Å². The molecule has 2 N–H and O–H groups in total. The number of rotatable bonds is 2. The van der Waals surface area contributed by atoms with E-state index in [0.717, 1.165) is 6.07 Å². The van der Waals surface area contributed by atoms with Gasteiger partial charge >= 0.3 is 6.18 Å². The number of nitrogen functional groups attached to an aromatic ring is 1. The third-order valence-electron chi connectivity index (χ3n) is 1.73. The van der Waals surface area contributed by atoms with Crippen LogP contribution in [0, 0.1) is 0 Å². The van der Waals surface area contributed by atoms with Gasteiger partial charge in [0.15, 0.2) is 0 Å². The molecule has 0 aliphatic carbocycles. The Labute approximate surface area is 79.5 Å².